The summed E-state index contributed by atoms with van der Waals surface area (Å²) in [4.78, 5) is 24.0. The molecule has 1 fully saturated rings. The fraction of sp³-hybridized carbons (Fsp3) is 0.320. The number of carbonyl (C=O) groups excluding carboxylic acids is 1. The highest BCUT2D eigenvalue weighted by molar-refractivity contribution is 6.30. The number of nitrogens with one attached hydrogen (secondary N) is 1. The normalized spacial score (nSPS) is 15.8. The van der Waals surface area contributed by atoms with Crippen LogP contribution in [0.15, 0.2) is 73.2 Å². The van der Waals surface area contributed by atoms with Crippen molar-refractivity contribution in [2.45, 2.75) is 18.9 Å². The number of amides is 1. The summed E-state index contributed by atoms with van der Waals surface area (Å²) in [6.45, 7) is 3.21. The van der Waals surface area contributed by atoms with Gasteiger partial charge in [0.1, 0.15) is 12.4 Å². The summed E-state index contributed by atoms with van der Waals surface area (Å²) < 4.78 is 5.74. The molecule has 0 aliphatic carbocycles. The molecule has 1 aliphatic rings. The van der Waals surface area contributed by atoms with E-state index in [4.69, 9.17) is 16.3 Å². The molecular weight excluding hydrogens is 424 g/mol. The molecule has 0 unspecified atom stereocenters. The Kier molecular flexibility index (Phi) is 7.69. The van der Waals surface area contributed by atoms with Crippen molar-refractivity contribution in [1.29, 1.82) is 0 Å². The van der Waals surface area contributed by atoms with E-state index in [1.54, 1.807) is 18.6 Å². The average Bonchev–Trinajstić information content (AvgIpc) is 2.85. The number of carbonyl (C=O) groups is 1. The largest absolute Gasteiger partial charge is 0.491 e. The molecule has 1 atom stereocenters. The van der Waals surface area contributed by atoms with Gasteiger partial charge in [0.15, 0.2) is 0 Å². The summed E-state index contributed by atoms with van der Waals surface area (Å²) in [5.74, 6) is 0.843. The zero-order chi connectivity index (χ0) is 22.2. The van der Waals surface area contributed by atoms with Gasteiger partial charge in [-0.2, -0.15) is 0 Å². The van der Waals surface area contributed by atoms with E-state index < -0.39 is 0 Å². The maximum atomic E-state index is 13.1. The number of hydrogen-bond donors (Lipinski definition) is 1. The van der Waals surface area contributed by atoms with Gasteiger partial charge in [0, 0.05) is 29.9 Å². The second-order valence-electron chi connectivity index (χ2n) is 7.90. The lowest BCUT2D eigenvalue weighted by Crippen LogP contribution is -2.42. The summed E-state index contributed by atoms with van der Waals surface area (Å²) in [6, 6.07) is 16.8. The fourth-order valence-electron chi connectivity index (χ4n) is 3.93. The molecule has 1 N–H and O–H groups in total. The topological polar surface area (TPSA) is 67.4 Å². The van der Waals surface area contributed by atoms with Crippen LogP contribution in [0.1, 0.15) is 30.1 Å². The molecule has 1 saturated heterocycles. The molecule has 0 saturated carbocycles. The molecule has 1 amide bonds. The number of rotatable bonds is 8. The first kappa shape index (κ1) is 22.2. The van der Waals surface area contributed by atoms with Gasteiger partial charge >= 0.3 is 0 Å². The molecule has 7 heteroatoms. The fourth-order valence-corrected chi connectivity index (χ4v) is 4.06. The zero-order valence-electron chi connectivity index (χ0n) is 17.9. The monoisotopic (exact) mass is 450 g/mol. The van der Waals surface area contributed by atoms with Gasteiger partial charge in [0.2, 0.25) is 5.91 Å². The van der Waals surface area contributed by atoms with Crippen molar-refractivity contribution in [2.75, 3.05) is 26.2 Å². The van der Waals surface area contributed by atoms with Gasteiger partial charge in [0.05, 0.1) is 17.9 Å². The van der Waals surface area contributed by atoms with Gasteiger partial charge in [-0.3, -0.25) is 19.7 Å². The maximum Gasteiger partial charge on any atom is 0.224 e. The number of ether oxygens (including phenoxy) is 1. The minimum atomic E-state index is -0.299. The number of piperidine rings is 1. The van der Waals surface area contributed by atoms with Crippen molar-refractivity contribution in [3.8, 4) is 5.75 Å². The van der Waals surface area contributed by atoms with Crippen LogP contribution in [0.4, 0.5) is 0 Å². The zero-order valence-corrected chi connectivity index (χ0v) is 18.6. The van der Waals surface area contributed by atoms with E-state index in [2.05, 4.69) is 20.2 Å². The molecule has 1 aromatic carbocycles. The first-order valence-corrected chi connectivity index (χ1v) is 11.3. The van der Waals surface area contributed by atoms with E-state index in [1.165, 1.54) is 0 Å². The van der Waals surface area contributed by atoms with Crippen LogP contribution in [0.3, 0.4) is 0 Å². The highest BCUT2D eigenvalue weighted by Gasteiger charge is 2.27. The van der Waals surface area contributed by atoms with Crippen LogP contribution < -0.4 is 10.1 Å². The average molecular weight is 451 g/mol. The Morgan fingerprint density at radius 2 is 1.91 bits per heavy atom. The van der Waals surface area contributed by atoms with Crippen molar-refractivity contribution in [2.24, 2.45) is 5.92 Å². The van der Waals surface area contributed by atoms with Crippen molar-refractivity contribution in [3.05, 3.63) is 89.5 Å². The Hall–Kier alpha value is -2.96. The predicted octanol–water partition coefficient (Wildman–Crippen LogP) is 4.13. The summed E-state index contributed by atoms with van der Waals surface area (Å²) in [7, 11) is 0. The molecule has 32 heavy (non-hydrogen) atoms. The van der Waals surface area contributed by atoms with Crippen molar-refractivity contribution in [3.63, 3.8) is 0 Å². The standard InChI is InChI=1S/C25H27ClN4O2/c26-21-8-6-19(7-9-21)24(23-5-1-2-13-28-23)29-25(31)20-10-14-30(15-11-20)16-17-32-22-4-3-12-27-18-22/h1-9,12-13,18,20,24H,10-11,14-17H2,(H,29,31)/t24-/m1/s1. The molecule has 3 aromatic rings. The molecule has 0 bridgehead atoms. The Labute approximate surface area is 193 Å². The molecular formula is C25H27ClN4O2. The van der Waals surface area contributed by atoms with Crippen LogP contribution >= 0.6 is 11.6 Å². The third kappa shape index (κ3) is 6.05. The van der Waals surface area contributed by atoms with Crippen LogP contribution in [-0.4, -0.2) is 47.0 Å². The second-order valence-corrected chi connectivity index (χ2v) is 8.34. The summed E-state index contributed by atoms with van der Waals surface area (Å²) in [6.07, 6.45) is 6.85. The van der Waals surface area contributed by atoms with E-state index in [-0.39, 0.29) is 17.9 Å². The van der Waals surface area contributed by atoms with Gasteiger partial charge in [-0.25, -0.2) is 0 Å². The molecule has 1 aliphatic heterocycles. The van der Waals surface area contributed by atoms with Crippen molar-refractivity contribution >= 4 is 17.5 Å². The lowest BCUT2D eigenvalue weighted by atomic mass is 9.94. The maximum absolute atomic E-state index is 13.1. The third-order valence-corrected chi connectivity index (χ3v) is 5.99. The Morgan fingerprint density at radius 3 is 2.59 bits per heavy atom. The minimum absolute atomic E-state index is 0.0102. The first-order valence-electron chi connectivity index (χ1n) is 10.9. The van der Waals surface area contributed by atoms with Gasteiger partial charge in [-0.05, 0) is 67.9 Å². The van der Waals surface area contributed by atoms with E-state index in [0.29, 0.717) is 11.6 Å². The number of likely N-dealkylation sites (tertiary alicyclic amines) is 1. The Morgan fingerprint density at radius 1 is 1.09 bits per heavy atom. The van der Waals surface area contributed by atoms with Gasteiger partial charge in [-0.1, -0.05) is 29.8 Å². The quantitative estimate of drug-likeness (QED) is 0.559. The molecule has 0 radical (unpaired) electrons. The van der Waals surface area contributed by atoms with Crippen LogP contribution in [0, 0.1) is 5.92 Å². The predicted molar refractivity (Wildman–Crippen MR) is 125 cm³/mol. The number of hydrogen-bond acceptors (Lipinski definition) is 5. The second kappa shape index (κ2) is 11.1. The van der Waals surface area contributed by atoms with Gasteiger partial charge in [0.25, 0.3) is 0 Å². The van der Waals surface area contributed by atoms with Crippen molar-refractivity contribution in [1.82, 2.24) is 20.2 Å². The highest BCUT2D eigenvalue weighted by atomic mass is 35.5. The van der Waals surface area contributed by atoms with Crippen LogP contribution in [0.25, 0.3) is 0 Å². The molecule has 4 rings (SSSR count). The number of nitrogens with zero attached hydrogens (tertiary/aromatic N) is 3. The minimum Gasteiger partial charge on any atom is -0.491 e. The van der Waals surface area contributed by atoms with E-state index in [1.807, 2.05) is 54.6 Å². The van der Waals surface area contributed by atoms with E-state index >= 15 is 0 Å². The van der Waals surface area contributed by atoms with Crippen LogP contribution in [-0.2, 0) is 4.79 Å². The van der Waals surface area contributed by atoms with Gasteiger partial charge in [-0.15, -0.1) is 0 Å². The molecule has 166 valence electrons. The smallest absolute Gasteiger partial charge is 0.224 e. The number of pyridine rings is 2. The molecule has 3 heterocycles. The number of benzene rings is 1. The first-order chi connectivity index (χ1) is 15.7. The highest BCUT2D eigenvalue weighted by Crippen LogP contribution is 2.24. The van der Waals surface area contributed by atoms with E-state index in [0.717, 1.165) is 49.5 Å². The van der Waals surface area contributed by atoms with E-state index in [9.17, 15) is 4.79 Å². The van der Waals surface area contributed by atoms with Crippen LogP contribution in [0.5, 0.6) is 5.75 Å². The Bertz CT molecular complexity index is 978. The van der Waals surface area contributed by atoms with Crippen LogP contribution in [0.2, 0.25) is 5.02 Å². The van der Waals surface area contributed by atoms with Gasteiger partial charge < -0.3 is 10.1 Å². The number of aromatic nitrogens is 2. The molecule has 2 aromatic heterocycles. The lowest BCUT2D eigenvalue weighted by molar-refractivity contribution is -0.127. The third-order valence-electron chi connectivity index (χ3n) is 5.74. The molecule has 0 spiro atoms. The SMILES string of the molecule is O=C(N[C@H](c1ccc(Cl)cc1)c1ccccn1)C1CCN(CCOc2cccnc2)CC1. The Balaban J connectivity index is 1.31. The number of halogens is 1. The molecule has 6 nitrogen and oxygen atoms in total. The van der Waals surface area contributed by atoms with Crippen molar-refractivity contribution < 1.29 is 9.53 Å². The lowest BCUT2D eigenvalue weighted by Gasteiger charge is -2.32. The summed E-state index contributed by atoms with van der Waals surface area (Å²) >= 11 is 6.05. The summed E-state index contributed by atoms with van der Waals surface area (Å²) in [5, 5.41) is 3.89. The summed E-state index contributed by atoms with van der Waals surface area (Å²) in [5.41, 5.74) is 1.78.